The van der Waals surface area contributed by atoms with Gasteiger partial charge in [0, 0.05) is 59.2 Å². The number of rotatable bonds is 10. The number of imide groups is 2. The maximum atomic E-state index is 13.1. The quantitative estimate of drug-likeness (QED) is 0.200. The SMILES string of the molecule is CC.CC.CN(CCCN(C)CCN1C(=O)c2cccc3cccc(c23)C1=O)CCN1C(=O)c2cccc3cccc(c23)C1=O. The highest BCUT2D eigenvalue weighted by Gasteiger charge is 2.33. The van der Waals surface area contributed by atoms with Gasteiger partial charge >= 0.3 is 0 Å². The van der Waals surface area contributed by atoms with E-state index in [0.29, 0.717) is 48.4 Å². The summed E-state index contributed by atoms with van der Waals surface area (Å²) in [6, 6.07) is 22.3. The number of amides is 4. The smallest absolute Gasteiger partial charge is 0.261 e. The molecule has 236 valence electrons. The lowest BCUT2D eigenvalue weighted by molar-refractivity contribution is 0.0585. The predicted octanol–water partition coefficient (Wildman–Crippen LogP) is 6.19. The summed E-state index contributed by atoms with van der Waals surface area (Å²) >= 11 is 0. The summed E-state index contributed by atoms with van der Waals surface area (Å²) in [5.41, 5.74) is 2.31. The Morgan fingerprint density at radius 2 is 0.756 bits per heavy atom. The average molecular weight is 609 g/mol. The van der Waals surface area contributed by atoms with Crippen LogP contribution < -0.4 is 0 Å². The van der Waals surface area contributed by atoms with Gasteiger partial charge in [0.05, 0.1) is 0 Å². The summed E-state index contributed by atoms with van der Waals surface area (Å²) in [7, 11) is 3.97. The van der Waals surface area contributed by atoms with Crippen LogP contribution in [0.3, 0.4) is 0 Å². The lowest BCUT2D eigenvalue weighted by atomic mass is 9.94. The second-order valence-electron chi connectivity index (χ2n) is 10.9. The van der Waals surface area contributed by atoms with E-state index in [1.807, 2.05) is 90.3 Å². The fourth-order valence-electron chi connectivity index (χ4n) is 5.94. The van der Waals surface area contributed by atoms with Gasteiger partial charge in [0.25, 0.3) is 23.6 Å². The Morgan fingerprint density at radius 1 is 0.467 bits per heavy atom. The highest BCUT2D eigenvalue weighted by Crippen LogP contribution is 2.31. The molecule has 0 radical (unpaired) electrons. The second kappa shape index (κ2) is 15.1. The van der Waals surface area contributed by atoms with Crippen molar-refractivity contribution in [2.45, 2.75) is 34.1 Å². The minimum atomic E-state index is -0.243. The van der Waals surface area contributed by atoms with Crippen molar-refractivity contribution >= 4 is 45.2 Å². The van der Waals surface area contributed by atoms with Crippen molar-refractivity contribution in [1.29, 1.82) is 0 Å². The average Bonchev–Trinajstić information content (AvgIpc) is 3.07. The third-order valence-corrected chi connectivity index (χ3v) is 8.20. The molecule has 0 saturated carbocycles. The number of likely N-dealkylation sites (N-methyl/N-ethyl adjacent to an activating group) is 2. The lowest BCUT2D eigenvalue weighted by Gasteiger charge is -2.29. The summed E-state index contributed by atoms with van der Waals surface area (Å²) in [5, 5.41) is 3.29. The number of hydrogen-bond acceptors (Lipinski definition) is 6. The molecule has 0 fully saturated rings. The van der Waals surface area contributed by atoms with Crippen molar-refractivity contribution < 1.29 is 19.2 Å². The number of benzene rings is 4. The molecule has 2 aliphatic rings. The zero-order valence-electron chi connectivity index (χ0n) is 27.3. The van der Waals surface area contributed by atoms with Crippen LogP contribution in [0.2, 0.25) is 0 Å². The van der Waals surface area contributed by atoms with Gasteiger partial charge in [-0.25, -0.2) is 0 Å². The van der Waals surface area contributed by atoms with Gasteiger partial charge in [-0.05, 0) is 68.6 Å². The lowest BCUT2D eigenvalue weighted by Crippen LogP contribution is -2.45. The van der Waals surface area contributed by atoms with Crippen molar-refractivity contribution in [1.82, 2.24) is 19.6 Å². The van der Waals surface area contributed by atoms with Crippen molar-refractivity contribution in [3.8, 4) is 0 Å². The van der Waals surface area contributed by atoms with E-state index >= 15 is 0 Å². The molecule has 0 unspecified atom stereocenters. The molecule has 4 amide bonds. The van der Waals surface area contributed by atoms with E-state index < -0.39 is 0 Å². The van der Waals surface area contributed by atoms with Gasteiger partial charge in [-0.3, -0.25) is 29.0 Å². The number of hydrogen-bond donors (Lipinski definition) is 0. The predicted molar refractivity (Wildman–Crippen MR) is 181 cm³/mol. The van der Waals surface area contributed by atoms with E-state index in [9.17, 15) is 19.2 Å². The Kier molecular flexibility index (Phi) is 11.2. The van der Waals surface area contributed by atoms with Gasteiger partial charge in [0.15, 0.2) is 0 Å². The Bertz CT molecular complexity index is 1490. The number of nitrogens with zero attached hydrogens (tertiary/aromatic N) is 4. The molecule has 0 atom stereocenters. The number of carbonyl (C=O) groups excluding carboxylic acids is 4. The molecule has 2 aliphatic heterocycles. The van der Waals surface area contributed by atoms with Gasteiger partial charge in [-0.15, -0.1) is 0 Å². The standard InChI is InChI=1S/C33H32N4O4.2C2H6/c1-34(18-20-36-30(38)24-12-3-8-22-9-4-13-25(28(22)24)31(36)39)16-7-17-35(2)19-21-37-32(40)26-14-5-10-23-11-6-15-27(29(23)26)33(37)41;2*1-2/h3-6,8-15H,7,16-21H2,1-2H3;2*1-2H3. The second-order valence-corrected chi connectivity index (χ2v) is 10.9. The highest BCUT2D eigenvalue weighted by atomic mass is 16.2. The summed E-state index contributed by atoms with van der Waals surface area (Å²) in [5.74, 6) is -0.970. The molecule has 0 spiro atoms. The van der Waals surface area contributed by atoms with Gasteiger partial charge in [0.2, 0.25) is 0 Å². The van der Waals surface area contributed by atoms with Crippen LogP contribution >= 0.6 is 0 Å². The van der Waals surface area contributed by atoms with E-state index in [2.05, 4.69) is 9.80 Å². The number of carbonyl (C=O) groups is 4. The zero-order valence-corrected chi connectivity index (χ0v) is 27.3. The van der Waals surface area contributed by atoms with E-state index in [-0.39, 0.29) is 23.6 Å². The fourth-order valence-corrected chi connectivity index (χ4v) is 5.94. The summed E-state index contributed by atoms with van der Waals surface area (Å²) < 4.78 is 0. The molecule has 0 saturated heterocycles. The Balaban J connectivity index is 0.00000111. The third-order valence-electron chi connectivity index (χ3n) is 8.20. The van der Waals surface area contributed by atoms with Crippen LogP contribution in [0, 0.1) is 0 Å². The minimum absolute atomic E-state index is 0.243. The van der Waals surface area contributed by atoms with Crippen LogP contribution in [0.5, 0.6) is 0 Å². The first kappa shape index (κ1) is 33.5. The molecule has 0 bridgehead atoms. The Hall–Kier alpha value is -4.40. The first-order valence-corrected chi connectivity index (χ1v) is 16.0. The van der Waals surface area contributed by atoms with E-state index in [1.165, 1.54) is 9.80 Å². The van der Waals surface area contributed by atoms with Gasteiger partial charge in [-0.1, -0.05) is 76.2 Å². The zero-order chi connectivity index (χ0) is 32.7. The summed E-state index contributed by atoms with van der Waals surface area (Å²) in [4.78, 5) is 59.4. The molecular weight excluding hydrogens is 564 g/mol. The van der Waals surface area contributed by atoms with Crippen LogP contribution in [0.4, 0.5) is 0 Å². The molecule has 45 heavy (non-hydrogen) atoms. The van der Waals surface area contributed by atoms with Gasteiger partial charge < -0.3 is 9.80 Å². The largest absolute Gasteiger partial charge is 0.305 e. The molecule has 8 heteroatoms. The molecule has 0 aromatic heterocycles. The third kappa shape index (κ3) is 6.67. The minimum Gasteiger partial charge on any atom is -0.305 e. The fraction of sp³-hybridized carbons (Fsp3) is 0.351. The van der Waals surface area contributed by atoms with Gasteiger partial charge in [-0.2, -0.15) is 0 Å². The highest BCUT2D eigenvalue weighted by molar-refractivity contribution is 6.26. The van der Waals surface area contributed by atoms with E-state index in [1.54, 1.807) is 24.3 Å². The van der Waals surface area contributed by atoms with Crippen molar-refractivity contribution in [3.63, 3.8) is 0 Å². The van der Waals surface area contributed by atoms with Crippen LogP contribution in [0.1, 0.15) is 75.5 Å². The maximum Gasteiger partial charge on any atom is 0.261 e. The topological polar surface area (TPSA) is 81.2 Å². The molecule has 8 nitrogen and oxygen atoms in total. The molecular formula is C37H44N4O4. The van der Waals surface area contributed by atoms with Crippen LogP contribution in [0.25, 0.3) is 21.5 Å². The maximum absolute atomic E-state index is 13.1. The molecule has 4 aromatic rings. The van der Waals surface area contributed by atoms with Crippen LogP contribution in [-0.2, 0) is 0 Å². The normalized spacial score (nSPS) is 13.8. The first-order chi connectivity index (χ1) is 21.8. The summed E-state index contributed by atoms with van der Waals surface area (Å²) in [6.07, 6.45) is 0.862. The van der Waals surface area contributed by atoms with Crippen molar-refractivity contribution in [2.24, 2.45) is 0 Å². The monoisotopic (exact) mass is 608 g/mol. The van der Waals surface area contributed by atoms with E-state index in [0.717, 1.165) is 41.1 Å². The molecule has 4 aromatic carbocycles. The Morgan fingerprint density at radius 3 is 1.04 bits per heavy atom. The van der Waals surface area contributed by atoms with Crippen molar-refractivity contribution in [3.05, 3.63) is 95.1 Å². The van der Waals surface area contributed by atoms with Gasteiger partial charge in [0.1, 0.15) is 0 Å². The molecule has 2 heterocycles. The van der Waals surface area contributed by atoms with Crippen LogP contribution in [0.15, 0.2) is 72.8 Å². The summed E-state index contributed by atoms with van der Waals surface area (Å²) in [6.45, 7) is 11.3. The molecule has 0 N–H and O–H groups in total. The first-order valence-electron chi connectivity index (χ1n) is 16.0. The molecule has 6 rings (SSSR count). The van der Waals surface area contributed by atoms with Crippen molar-refractivity contribution in [2.75, 3.05) is 53.4 Å². The molecule has 0 aliphatic carbocycles. The van der Waals surface area contributed by atoms with E-state index in [4.69, 9.17) is 0 Å². The Labute approximate surface area is 266 Å². The van der Waals surface area contributed by atoms with Crippen LogP contribution in [-0.4, -0.2) is 96.6 Å².